The number of aromatic nitrogens is 4. The van der Waals surface area contributed by atoms with Gasteiger partial charge in [0.25, 0.3) is 0 Å². The first-order valence-corrected chi connectivity index (χ1v) is 26.7. The normalized spacial score (nSPS) is 11.7. The minimum atomic E-state index is -1.46. The van der Waals surface area contributed by atoms with E-state index < -0.39 is 8.07 Å². The van der Waals surface area contributed by atoms with Gasteiger partial charge in [0.2, 0.25) is 0 Å². The van der Waals surface area contributed by atoms with Crippen molar-refractivity contribution in [1.82, 2.24) is 19.1 Å². The van der Waals surface area contributed by atoms with E-state index >= 15 is 0 Å². The fraction of sp³-hybridized carbons (Fsp3) is 0.115. The van der Waals surface area contributed by atoms with E-state index in [-0.39, 0.29) is 20.1 Å². The van der Waals surface area contributed by atoms with Gasteiger partial charge in [0.15, 0.2) is 0 Å². The molecule has 0 saturated carbocycles. The molecule has 0 spiro atoms. The van der Waals surface area contributed by atoms with E-state index in [2.05, 4.69) is 200 Å². The molecular formula is C61H50IrN4OSi-2. The van der Waals surface area contributed by atoms with Gasteiger partial charge in [-0.25, -0.2) is 0 Å². The summed E-state index contributed by atoms with van der Waals surface area (Å²) in [5, 5.41) is 6.14. The molecule has 0 bridgehead atoms. The van der Waals surface area contributed by atoms with Crippen LogP contribution in [0, 0.1) is 18.1 Å². The number of imidazole rings is 1. The fourth-order valence-corrected chi connectivity index (χ4v) is 11.2. The first-order valence-electron chi connectivity index (χ1n) is 23.2. The number of pyridine rings is 1. The van der Waals surface area contributed by atoms with Gasteiger partial charge in [0.05, 0.1) is 30.5 Å². The van der Waals surface area contributed by atoms with E-state index in [4.69, 9.17) is 14.4 Å². The van der Waals surface area contributed by atoms with E-state index in [1.54, 1.807) is 0 Å². The summed E-state index contributed by atoms with van der Waals surface area (Å²) in [5.74, 6) is 1.43. The Morgan fingerprint density at radius 3 is 1.99 bits per heavy atom. The van der Waals surface area contributed by atoms with Gasteiger partial charge >= 0.3 is 0 Å². The van der Waals surface area contributed by atoms with Crippen LogP contribution >= 0.6 is 0 Å². The van der Waals surface area contributed by atoms with Crippen LogP contribution in [0.15, 0.2) is 199 Å². The predicted molar refractivity (Wildman–Crippen MR) is 282 cm³/mol. The third-order valence-electron chi connectivity index (χ3n) is 12.7. The minimum absolute atomic E-state index is 0. The molecule has 7 heteroatoms. The predicted octanol–water partition coefficient (Wildman–Crippen LogP) is 15.4. The number of hydrogen-bond acceptors (Lipinski definition) is 3. The van der Waals surface area contributed by atoms with E-state index in [9.17, 15) is 0 Å². The van der Waals surface area contributed by atoms with E-state index in [0.29, 0.717) is 5.92 Å². The third-order valence-corrected chi connectivity index (χ3v) is 14.7. The Hall–Kier alpha value is -7.15. The smallest absolute Gasteiger partial charge is 0.120 e. The summed E-state index contributed by atoms with van der Waals surface area (Å²) >= 11 is 0. The second-order valence-electron chi connectivity index (χ2n) is 18.8. The molecule has 68 heavy (non-hydrogen) atoms. The number of para-hydroxylation sites is 5. The Balaban J connectivity index is 0.000000156. The molecule has 1 radical (unpaired) electrons. The van der Waals surface area contributed by atoms with Crippen LogP contribution in [0.4, 0.5) is 0 Å². The molecule has 335 valence electrons. The zero-order valence-corrected chi connectivity index (χ0v) is 42.2. The minimum Gasteiger partial charge on any atom is -0.501 e. The van der Waals surface area contributed by atoms with Gasteiger partial charge in [-0.3, -0.25) is 4.98 Å². The van der Waals surface area contributed by atoms with Gasteiger partial charge in [0, 0.05) is 48.6 Å². The Morgan fingerprint density at radius 2 is 1.24 bits per heavy atom. The molecule has 0 N–H and O–H groups in total. The molecule has 0 unspecified atom stereocenters. The van der Waals surface area contributed by atoms with Crippen LogP contribution in [0.3, 0.4) is 0 Å². The van der Waals surface area contributed by atoms with Crippen LogP contribution in [0.25, 0.3) is 99.9 Å². The molecule has 5 nitrogen and oxygen atoms in total. The second-order valence-corrected chi connectivity index (χ2v) is 23.8. The van der Waals surface area contributed by atoms with E-state index in [1.807, 2.05) is 48.5 Å². The fourth-order valence-electron chi connectivity index (χ4n) is 9.59. The topological polar surface area (TPSA) is 48.8 Å². The zero-order valence-electron chi connectivity index (χ0n) is 38.8. The van der Waals surface area contributed by atoms with Crippen LogP contribution < -0.4 is 5.19 Å². The van der Waals surface area contributed by atoms with E-state index in [1.165, 1.54) is 49.4 Å². The van der Waals surface area contributed by atoms with Gasteiger partial charge in [0.1, 0.15) is 5.58 Å². The van der Waals surface area contributed by atoms with Gasteiger partial charge in [-0.05, 0) is 93.8 Å². The molecule has 0 aliphatic rings. The summed E-state index contributed by atoms with van der Waals surface area (Å²) in [6.07, 6.45) is 3.23. The summed E-state index contributed by atoms with van der Waals surface area (Å²) in [6.45, 7) is 11.8. The largest absolute Gasteiger partial charge is 0.501 e. The van der Waals surface area contributed by atoms with Crippen molar-refractivity contribution in [2.45, 2.75) is 39.9 Å². The van der Waals surface area contributed by atoms with Crippen LogP contribution in [-0.4, -0.2) is 27.2 Å². The van der Waals surface area contributed by atoms with Gasteiger partial charge in [-0.2, -0.15) is 0 Å². The third kappa shape index (κ3) is 8.32. The zero-order chi connectivity index (χ0) is 45.6. The molecule has 4 heterocycles. The van der Waals surface area contributed by atoms with Crippen molar-refractivity contribution in [3.63, 3.8) is 0 Å². The SMILES string of the molecule is CC(C)Cc1cc(-c2[c-]cc3c(c2)c2ccccc2n3-c2ccccc2)ncc1[Si](C)(C)C.[Ir].[c-]1ccc2c(oc3ccccc32)c1-c1nc2ccccc2n1-c1ccc(-c2ccccc2)cc1. The van der Waals surface area contributed by atoms with Gasteiger partial charge < -0.3 is 18.5 Å². The molecule has 0 atom stereocenters. The van der Waals surface area contributed by atoms with Crippen LogP contribution in [0.1, 0.15) is 19.4 Å². The molecule has 0 aliphatic carbocycles. The number of fused-ring (bicyclic) bond motifs is 7. The molecular weight excluding hydrogens is 1030 g/mol. The van der Waals surface area contributed by atoms with Gasteiger partial charge in [-0.15, -0.1) is 42.0 Å². The average Bonchev–Trinajstić information content (AvgIpc) is 4.04. The van der Waals surface area contributed by atoms with Crippen molar-refractivity contribution in [2.24, 2.45) is 5.92 Å². The summed E-state index contributed by atoms with van der Waals surface area (Å²) in [4.78, 5) is 9.96. The molecule has 4 aromatic heterocycles. The van der Waals surface area contributed by atoms with Crippen molar-refractivity contribution in [3.8, 4) is 45.1 Å². The maximum Gasteiger partial charge on any atom is 0.120 e. The maximum atomic E-state index is 6.32. The Labute approximate surface area is 412 Å². The van der Waals surface area contributed by atoms with Crippen LogP contribution in [-0.2, 0) is 26.5 Å². The summed E-state index contributed by atoms with van der Waals surface area (Å²) in [6, 6.07) is 72.4. The first kappa shape index (κ1) is 44.7. The summed E-state index contributed by atoms with van der Waals surface area (Å²) < 4.78 is 10.8. The number of benzene rings is 8. The van der Waals surface area contributed by atoms with Crippen molar-refractivity contribution in [3.05, 3.63) is 212 Å². The Morgan fingerprint density at radius 1 is 0.588 bits per heavy atom. The molecule has 0 aliphatic heterocycles. The van der Waals surface area contributed by atoms with Crippen molar-refractivity contribution >= 4 is 68.0 Å². The quantitative estimate of drug-likeness (QED) is 0.113. The molecule has 12 rings (SSSR count). The van der Waals surface area contributed by atoms with Gasteiger partial charge in [-0.1, -0.05) is 171 Å². The van der Waals surface area contributed by atoms with Crippen LogP contribution in [0.2, 0.25) is 19.6 Å². The molecule has 8 aromatic carbocycles. The monoisotopic (exact) mass is 1080 g/mol. The Bertz CT molecular complexity index is 3730. The van der Waals surface area contributed by atoms with Crippen LogP contribution in [0.5, 0.6) is 0 Å². The maximum absolute atomic E-state index is 6.32. The molecule has 12 aromatic rings. The number of furan rings is 1. The average molecular weight is 1080 g/mol. The standard InChI is InChI=1S/C31H19N2O.C30H31N2Si.Ir/c1-2-9-21(10-3-1)22-17-19-23(20-18-22)33-28-15-6-5-14-27(28)32-31(33)26-13-8-12-25-24-11-4-7-16-29(24)34-30(25)26;1-21(2)17-23-19-27(31-20-30(23)33(3,4)5)22-15-16-29-26(18-22)25-13-9-10-14-28(25)32(29)24-11-7-6-8-12-24;/h1-12,14-20H;6-14,16,18-21H,17H2,1-5H3;/q2*-1;. The summed E-state index contributed by atoms with van der Waals surface area (Å²) in [5.41, 5.74) is 15.0. The Kier molecular flexibility index (Phi) is 12.2. The number of rotatable bonds is 8. The second kappa shape index (κ2) is 18.5. The van der Waals surface area contributed by atoms with Crippen molar-refractivity contribution < 1.29 is 24.5 Å². The van der Waals surface area contributed by atoms with Crippen molar-refractivity contribution in [1.29, 1.82) is 0 Å². The first-order chi connectivity index (χ1) is 32.7. The van der Waals surface area contributed by atoms with Crippen molar-refractivity contribution in [2.75, 3.05) is 0 Å². The molecule has 0 amide bonds. The number of nitrogens with zero attached hydrogens (tertiary/aromatic N) is 4. The molecule has 0 fully saturated rings. The number of hydrogen-bond donors (Lipinski definition) is 0. The summed E-state index contributed by atoms with van der Waals surface area (Å²) in [7, 11) is -1.46. The van der Waals surface area contributed by atoms with E-state index in [0.717, 1.165) is 67.7 Å². The molecule has 0 saturated heterocycles.